The van der Waals surface area contributed by atoms with E-state index in [9.17, 15) is 0 Å². The van der Waals surface area contributed by atoms with E-state index in [0.717, 1.165) is 55.7 Å². The smallest absolute Gasteiger partial charge is 0.297 e. The van der Waals surface area contributed by atoms with Crippen LogP contribution in [0.3, 0.4) is 0 Å². The van der Waals surface area contributed by atoms with Gasteiger partial charge in [0.1, 0.15) is 35.0 Å². The second kappa shape index (κ2) is 9.10. The minimum Gasteiger partial charge on any atom is -0.454 e. The first-order valence-electron chi connectivity index (χ1n) is 13.0. The molecule has 0 fully saturated rings. The van der Waals surface area contributed by atoms with Crippen molar-refractivity contribution in [2.75, 3.05) is 0 Å². The lowest BCUT2D eigenvalue weighted by atomic mass is 9.98. The Bertz CT molecular complexity index is 1970. The molecule has 39 heavy (non-hydrogen) atoms. The molecular weight excluding hydrogens is 483 g/mol. The zero-order valence-corrected chi connectivity index (χ0v) is 21.7. The minimum absolute atomic E-state index is 0.300. The Morgan fingerprint density at radius 2 is 1.23 bits per heavy atom. The average Bonchev–Trinajstić information content (AvgIpc) is 3.54. The summed E-state index contributed by atoms with van der Waals surface area (Å²) in [5.74, 6) is 0.697. The maximum atomic E-state index is 15.5. The highest BCUT2D eigenvalue weighted by Crippen LogP contribution is 2.42. The van der Waals surface area contributed by atoms with E-state index >= 15 is 4.39 Å². The van der Waals surface area contributed by atoms with Crippen LogP contribution < -0.4 is 4.57 Å². The number of hydrogen-bond acceptors (Lipinski definition) is 1. The van der Waals surface area contributed by atoms with Crippen LogP contribution in [0.4, 0.5) is 4.39 Å². The molecule has 188 valence electrons. The number of aromatic nitrogens is 2. The third-order valence-corrected chi connectivity index (χ3v) is 7.51. The highest BCUT2D eigenvalue weighted by atomic mass is 19.1. The molecule has 0 aliphatic heterocycles. The monoisotopic (exact) mass is 509 g/mol. The van der Waals surface area contributed by atoms with Crippen molar-refractivity contribution in [3.63, 3.8) is 0 Å². The normalized spacial score (nSPS) is 11.5. The van der Waals surface area contributed by atoms with Crippen LogP contribution in [0.5, 0.6) is 0 Å². The number of nitrogens with zero attached hydrogens (tertiary/aromatic N) is 2. The zero-order chi connectivity index (χ0) is 26.5. The van der Waals surface area contributed by atoms with Crippen LogP contribution in [0.1, 0.15) is 5.56 Å². The topological polar surface area (TPSA) is 21.9 Å². The zero-order valence-electron chi connectivity index (χ0n) is 21.7. The summed E-state index contributed by atoms with van der Waals surface area (Å²) in [6, 6.07) is 36.0. The molecule has 0 atom stereocenters. The van der Waals surface area contributed by atoms with Gasteiger partial charge in [0.2, 0.25) is 0 Å². The van der Waals surface area contributed by atoms with Gasteiger partial charge in [-0.3, -0.25) is 0 Å². The molecule has 0 amide bonds. The highest BCUT2D eigenvalue weighted by molar-refractivity contribution is 6.13. The minimum atomic E-state index is -0.300. The number of imidazole rings is 1. The molecule has 5 aromatic carbocycles. The van der Waals surface area contributed by atoms with Crippen molar-refractivity contribution < 1.29 is 13.4 Å². The van der Waals surface area contributed by atoms with Crippen molar-refractivity contribution >= 4 is 21.9 Å². The van der Waals surface area contributed by atoms with E-state index in [1.54, 1.807) is 6.07 Å². The molecule has 7 aromatic rings. The first-order chi connectivity index (χ1) is 19.1. The molecule has 0 saturated carbocycles. The predicted octanol–water partition coefficient (Wildman–Crippen LogP) is 8.65. The van der Waals surface area contributed by atoms with E-state index in [1.807, 2.05) is 80.0 Å². The summed E-state index contributed by atoms with van der Waals surface area (Å²) < 4.78 is 26.4. The van der Waals surface area contributed by atoms with Crippen LogP contribution in [0.2, 0.25) is 0 Å². The van der Waals surface area contributed by atoms with E-state index in [-0.39, 0.29) is 5.82 Å². The summed E-state index contributed by atoms with van der Waals surface area (Å²) >= 11 is 0. The molecule has 0 N–H and O–H groups in total. The predicted molar refractivity (Wildman–Crippen MR) is 155 cm³/mol. The first-order valence-corrected chi connectivity index (χ1v) is 13.0. The molecule has 2 heterocycles. The van der Waals surface area contributed by atoms with Gasteiger partial charge in [0.15, 0.2) is 5.58 Å². The summed E-state index contributed by atoms with van der Waals surface area (Å²) in [4.78, 5) is 0. The fourth-order valence-corrected chi connectivity index (χ4v) is 5.56. The van der Waals surface area contributed by atoms with E-state index in [2.05, 4.69) is 58.7 Å². The van der Waals surface area contributed by atoms with Gasteiger partial charge in [-0.1, -0.05) is 84.9 Å². The molecular formula is C35H26FN2O+. The second-order valence-electron chi connectivity index (χ2n) is 9.92. The lowest BCUT2D eigenvalue weighted by Gasteiger charge is -2.07. The number of benzene rings is 5. The second-order valence-corrected chi connectivity index (χ2v) is 9.92. The Kier molecular flexibility index (Phi) is 5.41. The molecule has 3 nitrogen and oxygen atoms in total. The molecule has 0 radical (unpaired) electrons. The van der Waals surface area contributed by atoms with Crippen molar-refractivity contribution in [1.82, 2.24) is 4.57 Å². The van der Waals surface area contributed by atoms with Crippen LogP contribution in [-0.4, -0.2) is 4.57 Å². The van der Waals surface area contributed by atoms with Crippen LogP contribution in [-0.2, 0) is 7.05 Å². The van der Waals surface area contributed by atoms with Gasteiger partial charge in [-0.15, -0.1) is 0 Å². The largest absolute Gasteiger partial charge is 0.454 e. The number of aryl methyl sites for hydroxylation is 2. The van der Waals surface area contributed by atoms with Gasteiger partial charge in [-0.25, -0.2) is 8.96 Å². The number of hydrogen-bond donors (Lipinski definition) is 0. The third kappa shape index (κ3) is 3.76. The van der Waals surface area contributed by atoms with Gasteiger partial charge in [0.05, 0.1) is 12.6 Å². The Morgan fingerprint density at radius 1 is 0.641 bits per heavy atom. The molecule has 0 spiro atoms. The molecule has 7 rings (SSSR count). The van der Waals surface area contributed by atoms with E-state index in [4.69, 9.17) is 4.42 Å². The molecule has 0 aliphatic rings. The Morgan fingerprint density at radius 3 is 1.95 bits per heavy atom. The van der Waals surface area contributed by atoms with Crippen molar-refractivity contribution in [3.8, 4) is 39.3 Å². The number of para-hydroxylation sites is 1. The first kappa shape index (κ1) is 23.2. The summed E-state index contributed by atoms with van der Waals surface area (Å²) in [6.07, 6.45) is 4.10. The van der Waals surface area contributed by atoms with Crippen LogP contribution in [0.15, 0.2) is 126 Å². The maximum Gasteiger partial charge on any atom is 0.297 e. The van der Waals surface area contributed by atoms with Gasteiger partial charge in [-0.2, -0.15) is 4.57 Å². The third-order valence-electron chi connectivity index (χ3n) is 7.51. The van der Waals surface area contributed by atoms with Gasteiger partial charge in [-0.05, 0) is 53.4 Å². The highest BCUT2D eigenvalue weighted by Gasteiger charge is 2.27. The number of rotatable bonds is 4. The average molecular weight is 510 g/mol. The fraction of sp³-hybridized carbons (Fsp3) is 0.0571. The fourth-order valence-electron chi connectivity index (χ4n) is 5.56. The van der Waals surface area contributed by atoms with Crippen molar-refractivity contribution in [1.29, 1.82) is 0 Å². The van der Waals surface area contributed by atoms with E-state index in [0.29, 0.717) is 11.1 Å². The maximum absolute atomic E-state index is 15.5. The molecule has 0 bridgehead atoms. The van der Waals surface area contributed by atoms with Crippen LogP contribution >= 0.6 is 0 Å². The van der Waals surface area contributed by atoms with Gasteiger partial charge in [0, 0.05) is 10.8 Å². The SMILES string of the molecule is Cc1ccc2c(oc3c(-c4ccc(-c5ccccc5)cc4)c(F)ccc32)c1-c1n(-c2ccccc2)cc[n+]1C. The van der Waals surface area contributed by atoms with Gasteiger partial charge < -0.3 is 4.42 Å². The summed E-state index contributed by atoms with van der Waals surface area (Å²) in [5.41, 5.74) is 7.93. The molecule has 4 heteroatoms. The molecule has 2 aromatic heterocycles. The molecule has 0 aliphatic carbocycles. The summed E-state index contributed by atoms with van der Waals surface area (Å²) in [7, 11) is 2.04. The van der Waals surface area contributed by atoms with E-state index in [1.165, 1.54) is 0 Å². The number of halogens is 1. The van der Waals surface area contributed by atoms with E-state index < -0.39 is 0 Å². The van der Waals surface area contributed by atoms with Crippen molar-refractivity contribution in [2.24, 2.45) is 7.05 Å². The summed E-state index contributed by atoms with van der Waals surface area (Å²) in [5, 5.41) is 1.86. The molecule has 0 unspecified atom stereocenters. The lowest BCUT2D eigenvalue weighted by Crippen LogP contribution is -2.29. The Balaban J connectivity index is 1.45. The lowest BCUT2D eigenvalue weighted by molar-refractivity contribution is -0.659. The van der Waals surface area contributed by atoms with Crippen LogP contribution in [0.25, 0.3) is 61.3 Å². The van der Waals surface area contributed by atoms with Gasteiger partial charge in [0.25, 0.3) is 5.82 Å². The van der Waals surface area contributed by atoms with Crippen molar-refractivity contribution in [2.45, 2.75) is 6.92 Å². The standard InChI is InChI=1S/C35H26FN2O/c1-23-13-18-28-29-19-20-30(36)32(26-16-14-25(15-17-26)24-9-5-3-6-10-24)34(29)39-33(28)31(23)35-37(2)21-22-38(35)27-11-7-4-8-12-27/h3-22H,1-2H3/q+1. The number of furan rings is 1. The molecule has 0 saturated heterocycles. The number of fused-ring (bicyclic) bond motifs is 3. The van der Waals surface area contributed by atoms with Gasteiger partial charge >= 0.3 is 0 Å². The summed E-state index contributed by atoms with van der Waals surface area (Å²) in [6.45, 7) is 2.09. The Hall–Kier alpha value is -4.96. The van der Waals surface area contributed by atoms with Crippen molar-refractivity contribution in [3.05, 3.63) is 133 Å². The quantitative estimate of drug-likeness (QED) is 0.218. The Labute approximate surface area is 226 Å². The van der Waals surface area contributed by atoms with Crippen LogP contribution in [0, 0.1) is 12.7 Å².